The highest BCUT2D eigenvalue weighted by molar-refractivity contribution is 5.90. The second-order valence-corrected chi connectivity index (χ2v) is 3.76. The minimum Gasteiger partial charge on any atom is -0.497 e. The summed E-state index contributed by atoms with van der Waals surface area (Å²) < 4.78 is 10.3. The fraction of sp³-hybridized carbons (Fsp3) is 0.308. The highest BCUT2D eigenvalue weighted by Gasteiger charge is 2.14. The van der Waals surface area contributed by atoms with Gasteiger partial charge in [0.15, 0.2) is 0 Å². The predicted octanol–water partition coefficient (Wildman–Crippen LogP) is 1.52. The van der Waals surface area contributed by atoms with Crippen LogP contribution in [-0.4, -0.2) is 26.2 Å². The molecule has 0 radical (unpaired) electrons. The molecule has 0 amide bonds. The maximum atomic E-state index is 11.8. The molecule has 0 saturated carbocycles. The molecule has 1 aliphatic heterocycles. The van der Waals surface area contributed by atoms with Crippen molar-refractivity contribution < 1.29 is 14.3 Å². The third kappa shape index (κ3) is 3.07. The van der Waals surface area contributed by atoms with Gasteiger partial charge >= 0.3 is 5.97 Å². The van der Waals surface area contributed by atoms with E-state index in [1.165, 1.54) is 0 Å². The van der Waals surface area contributed by atoms with Gasteiger partial charge in [-0.05, 0) is 25.1 Å². The van der Waals surface area contributed by atoms with Gasteiger partial charge < -0.3 is 14.8 Å². The molecule has 0 unspecified atom stereocenters. The Kier molecular flexibility index (Phi) is 3.77. The Morgan fingerprint density at radius 1 is 1.35 bits per heavy atom. The predicted molar refractivity (Wildman–Crippen MR) is 64.2 cm³/mol. The van der Waals surface area contributed by atoms with Gasteiger partial charge in [0.1, 0.15) is 11.5 Å². The molecule has 1 aliphatic rings. The van der Waals surface area contributed by atoms with Gasteiger partial charge in [-0.1, -0.05) is 12.1 Å². The summed E-state index contributed by atoms with van der Waals surface area (Å²) in [6.45, 7) is 1.48. The van der Waals surface area contributed by atoms with Crippen molar-refractivity contribution in [2.75, 3.05) is 20.2 Å². The summed E-state index contributed by atoms with van der Waals surface area (Å²) in [4.78, 5) is 11.8. The first-order chi connectivity index (χ1) is 8.29. The minimum atomic E-state index is -0.301. The van der Waals surface area contributed by atoms with Crippen LogP contribution in [0.4, 0.5) is 0 Å². The second-order valence-electron chi connectivity index (χ2n) is 3.76. The first-order valence-corrected chi connectivity index (χ1v) is 5.55. The van der Waals surface area contributed by atoms with E-state index >= 15 is 0 Å². The fourth-order valence-corrected chi connectivity index (χ4v) is 1.64. The van der Waals surface area contributed by atoms with E-state index in [-0.39, 0.29) is 5.97 Å². The molecule has 1 heterocycles. The molecule has 90 valence electrons. The molecule has 1 aromatic rings. The Balaban J connectivity index is 2.04. The number of carbonyl (C=O) groups excluding carboxylic acids is 1. The van der Waals surface area contributed by atoms with Crippen LogP contribution in [0.2, 0.25) is 0 Å². The van der Waals surface area contributed by atoms with E-state index in [2.05, 4.69) is 5.32 Å². The van der Waals surface area contributed by atoms with Crippen LogP contribution in [0.1, 0.15) is 6.42 Å². The van der Waals surface area contributed by atoms with Crippen LogP contribution in [0, 0.1) is 0 Å². The summed E-state index contributed by atoms with van der Waals surface area (Å²) in [6, 6.07) is 7.01. The van der Waals surface area contributed by atoms with Crippen LogP contribution in [0.5, 0.6) is 11.5 Å². The van der Waals surface area contributed by atoms with Crippen molar-refractivity contribution in [3.63, 3.8) is 0 Å². The van der Waals surface area contributed by atoms with Crippen molar-refractivity contribution in [3.05, 3.63) is 35.9 Å². The SMILES string of the molecule is COc1cccc(OC(=O)C2=CCCNC2)c1. The van der Waals surface area contributed by atoms with Gasteiger partial charge in [-0.15, -0.1) is 0 Å². The van der Waals surface area contributed by atoms with Gasteiger partial charge in [-0.2, -0.15) is 0 Å². The number of rotatable bonds is 3. The average Bonchev–Trinajstić information content (AvgIpc) is 2.40. The Morgan fingerprint density at radius 2 is 2.18 bits per heavy atom. The summed E-state index contributed by atoms with van der Waals surface area (Å²) >= 11 is 0. The standard InChI is InChI=1S/C13H15NO3/c1-16-11-5-2-6-12(8-11)17-13(15)10-4-3-7-14-9-10/h2,4-6,8,14H,3,7,9H2,1H3. The summed E-state index contributed by atoms with van der Waals surface area (Å²) in [6.07, 6.45) is 2.78. The maximum Gasteiger partial charge on any atom is 0.340 e. The van der Waals surface area contributed by atoms with E-state index in [1.54, 1.807) is 31.4 Å². The number of nitrogens with one attached hydrogen (secondary N) is 1. The van der Waals surface area contributed by atoms with E-state index in [0.717, 1.165) is 13.0 Å². The Hall–Kier alpha value is -1.81. The maximum absolute atomic E-state index is 11.8. The molecule has 2 rings (SSSR count). The zero-order valence-corrected chi connectivity index (χ0v) is 9.73. The molecule has 0 fully saturated rings. The summed E-state index contributed by atoms with van der Waals surface area (Å²) in [5.41, 5.74) is 0.680. The number of methoxy groups -OCH3 is 1. The molecule has 0 atom stereocenters. The third-order valence-electron chi connectivity index (χ3n) is 2.54. The van der Waals surface area contributed by atoms with Crippen molar-refractivity contribution in [1.29, 1.82) is 0 Å². The van der Waals surface area contributed by atoms with E-state index in [9.17, 15) is 4.79 Å². The minimum absolute atomic E-state index is 0.301. The number of hydrogen-bond acceptors (Lipinski definition) is 4. The lowest BCUT2D eigenvalue weighted by Gasteiger charge is -2.13. The zero-order valence-electron chi connectivity index (χ0n) is 9.73. The molecule has 4 nitrogen and oxygen atoms in total. The molecular weight excluding hydrogens is 218 g/mol. The van der Waals surface area contributed by atoms with Gasteiger partial charge in [0.2, 0.25) is 0 Å². The molecule has 0 aromatic heterocycles. The van der Waals surface area contributed by atoms with E-state index < -0.39 is 0 Å². The molecular formula is C13H15NO3. The quantitative estimate of drug-likeness (QED) is 0.635. The van der Waals surface area contributed by atoms with Crippen molar-refractivity contribution in [3.8, 4) is 11.5 Å². The third-order valence-corrected chi connectivity index (χ3v) is 2.54. The van der Waals surface area contributed by atoms with Crippen molar-refractivity contribution >= 4 is 5.97 Å². The van der Waals surface area contributed by atoms with E-state index in [4.69, 9.17) is 9.47 Å². The van der Waals surface area contributed by atoms with E-state index in [0.29, 0.717) is 23.6 Å². The smallest absolute Gasteiger partial charge is 0.340 e. The largest absolute Gasteiger partial charge is 0.497 e. The molecule has 1 aromatic carbocycles. The van der Waals surface area contributed by atoms with Crippen LogP contribution >= 0.6 is 0 Å². The Labute approximate surface area is 100 Å². The molecule has 17 heavy (non-hydrogen) atoms. The first-order valence-electron chi connectivity index (χ1n) is 5.55. The topological polar surface area (TPSA) is 47.6 Å². The fourth-order valence-electron chi connectivity index (χ4n) is 1.64. The average molecular weight is 233 g/mol. The summed E-state index contributed by atoms with van der Waals surface area (Å²) in [5, 5.41) is 3.13. The number of carbonyl (C=O) groups is 1. The summed E-state index contributed by atoms with van der Waals surface area (Å²) in [7, 11) is 1.58. The van der Waals surface area contributed by atoms with E-state index in [1.807, 2.05) is 6.08 Å². The van der Waals surface area contributed by atoms with Gasteiger partial charge in [0, 0.05) is 18.2 Å². The van der Waals surface area contributed by atoms with Crippen LogP contribution in [0.15, 0.2) is 35.9 Å². The van der Waals surface area contributed by atoms with Gasteiger partial charge in [-0.25, -0.2) is 4.79 Å². The van der Waals surface area contributed by atoms with Gasteiger partial charge in [0.25, 0.3) is 0 Å². The number of hydrogen-bond donors (Lipinski definition) is 1. The van der Waals surface area contributed by atoms with Crippen LogP contribution < -0.4 is 14.8 Å². The van der Waals surface area contributed by atoms with Gasteiger partial charge in [-0.3, -0.25) is 0 Å². The highest BCUT2D eigenvalue weighted by atomic mass is 16.5. The molecule has 0 saturated heterocycles. The lowest BCUT2D eigenvalue weighted by atomic mass is 10.1. The number of esters is 1. The zero-order chi connectivity index (χ0) is 12.1. The Morgan fingerprint density at radius 3 is 2.88 bits per heavy atom. The summed E-state index contributed by atoms with van der Waals surface area (Å²) in [5.74, 6) is 0.873. The van der Waals surface area contributed by atoms with Crippen LogP contribution in [-0.2, 0) is 4.79 Å². The van der Waals surface area contributed by atoms with Crippen molar-refractivity contribution in [2.24, 2.45) is 0 Å². The normalized spacial score (nSPS) is 15.0. The molecule has 4 heteroatoms. The molecule has 0 spiro atoms. The molecule has 0 bridgehead atoms. The second kappa shape index (κ2) is 5.50. The van der Waals surface area contributed by atoms with Crippen molar-refractivity contribution in [1.82, 2.24) is 5.32 Å². The lowest BCUT2D eigenvalue weighted by molar-refractivity contribution is -0.130. The van der Waals surface area contributed by atoms with Crippen LogP contribution in [0.25, 0.3) is 0 Å². The molecule has 0 aliphatic carbocycles. The first kappa shape index (κ1) is 11.7. The Bertz CT molecular complexity index is 440. The highest BCUT2D eigenvalue weighted by Crippen LogP contribution is 2.20. The monoisotopic (exact) mass is 233 g/mol. The van der Waals surface area contributed by atoms with Crippen LogP contribution in [0.3, 0.4) is 0 Å². The lowest BCUT2D eigenvalue weighted by Crippen LogP contribution is -2.28. The van der Waals surface area contributed by atoms with Gasteiger partial charge in [0.05, 0.1) is 7.11 Å². The molecule has 1 N–H and O–H groups in total. The number of ether oxygens (including phenoxy) is 2. The van der Waals surface area contributed by atoms with Crippen molar-refractivity contribution in [2.45, 2.75) is 6.42 Å². The number of benzene rings is 1.